The van der Waals surface area contributed by atoms with Crippen molar-refractivity contribution in [1.29, 1.82) is 0 Å². The second-order valence-corrected chi connectivity index (χ2v) is 6.53. The fraction of sp³-hybridized carbons (Fsp3) is 0.350. The number of carbonyl (C=O) groups is 1. The summed E-state index contributed by atoms with van der Waals surface area (Å²) >= 11 is 0. The van der Waals surface area contributed by atoms with Crippen LogP contribution in [0, 0.1) is 19.7 Å². The Hall–Kier alpha value is -2.36. The first-order valence-corrected chi connectivity index (χ1v) is 8.42. The molecule has 3 rings (SSSR count). The molecule has 1 aliphatic rings. The van der Waals surface area contributed by atoms with Gasteiger partial charge in [0, 0.05) is 24.7 Å². The van der Waals surface area contributed by atoms with Crippen LogP contribution in [0.1, 0.15) is 34.3 Å². The largest absolute Gasteiger partial charge is 0.378 e. The van der Waals surface area contributed by atoms with Gasteiger partial charge in [-0.3, -0.25) is 4.79 Å². The third kappa shape index (κ3) is 3.58. The predicted molar refractivity (Wildman–Crippen MR) is 94.9 cm³/mol. The van der Waals surface area contributed by atoms with Crippen molar-refractivity contribution in [3.8, 4) is 0 Å². The maximum Gasteiger partial charge on any atom is 0.254 e. The number of carbonyl (C=O) groups excluding carboxylic acids is 1. The van der Waals surface area contributed by atoms with Gasteiger partial charge in [-0.05, 0) is 56.0 Å². The zero-order valence-electron chi connectivity index (χ0n) is 14.2. The van der Waals surface area contributed by atoms with Crippen molar-refractivity contribution in [3.63, 3.8) is 0 Å². The van der Waals surface area contributed by atoms with Gasteiger partial charge < -0.3 is 10.2 Å². The number of piperidine rings is 1. The molecule has 0 unspecified atom stereocenters. The van der Waals surface area contributed by atoms with Crippen LogP contribution in [0.3, 0.4) is 0 Å². The second-order valence-electron chi connectivity index (χ2n) is 6.53. The molecule has 126 valence electrons. The van der Waals surface area contributed by atoms with Crippen LogP contribution < -0.4 is 5.32 Å². The van der Waals surface area contributed by atoms with Crippen LogP contribution in [-0.2, 0) is 0 Å². The zero-order valence-corrected chi connectivity index (χ0v) is 14.2. The highest BCUT2D eigenvalue weighted by atomic mass is 19.1. The molecule has 1 N–H and O–H groups in total. The molecule has 1 atom stereocenters. The van der Waals surface area contributed by atoms with Crippen molar-refractivity contribution in [2.45, 2.75) is 32.7 Å². The van der Waals surface area contributed by atoms with E-state index in [1.807, 2.05) is 49.1 Å². The van der Waals surface area contributed by atoms with Gasteiger partial charge >= 0.3 is 0 Å². The number of likely N-dealkylation sites (tertiary alicyclic amines) is 1. The molecule has 1 aliphatic heterocycles. The molecule has 1 heterocycles. The summed E-state index contributed by atoms with van der Waals surface area (Å²) in [5.74, 6) is -0.188. The van der Waals surface area contributed by atoms with E-state index >= 15 is 0 Å². The molecule has 0 radical (unpaired) electrons. The molecule has 2 aromatic carbocycles. The second kappa shape index (κ2) is 7.04. The lowest BCUT2D eigenvalue weighted by Gasteiger charge is -2.34. The Morgan fingerprint density at radius 1 is 1.21 bits per heavy atom. The monoisotopic (exact) mass is 326 g/mol. The smallest absolute Gasteiger partial charge is 0.254 e. The number of aryl methyl sites for hydroxylation is 2. The number of hydrogen-bond acceptors (Lipinski definition) is 2. The fourth-order valence-electron chi connectivity index (χ4n) is 3.23. The first-order valence-electron chi connectivity index (χ1n) is 8.42. The summed E-state index contributed by atoms with van der Waals surface area (Å²) in [7, 11) is 0. The normalized spacial score (nSPS) is 17.6. The van der Waals surface area contributed by atoms with Gasteiger partial charge in [-0.1, -0.05) is 24.3 Å². The van der Waals surface area contributed by atoms with Crippen LogP contribution in [0.15, 0.2) is 42.5 Å². The summed E-state index contributed by atoms with van der Waals surface area (Å²) in [6.07, 6.45) is 1.85. The Kier molecular flexibility index (Phi) is 4.84. The van der Waals surface area contributed by atoms with Crippen LogP contribution in [0.4, 0.5) is 10.1 Å². The summed E-state index contributed by atoms with van der Waals surface area (Å²) < 4.78 is 14.0. The summed E-state index contributed by atoms with van der Waals surface area (Å²) in [6.45, 7) is 5.25. The first kappa shape index (κ1) is 16.5. The standard InChI is InChI=1S/C20H23FN2O/c1-14-9-10-18(21)19(12-14)22-16-7-5-11-23(13-16)20(24)17-8-4-3-6-15(17)2/h3-4,6,8-10,12,16,22H,5,7,11,13H2,1-2H3/t16-/m1/s1. The number of rotatable bonds is 3. The van der Waals surface area contributed by atoms with Gasteiger partial charge in [0.05, 0.1) is 5.69 Å². The summed E-state index contributed by atoms with van der Waals surface area (Å²) in [5.41, 5.74) is 3.27. The molecule has 4 heteroatoms. The van der Waals surface area contributed by atoms with Gasteiger partial charge in [-0.15, -0.1) is 0 Å². The Labute approximate surface area is 142 Å². The van der Waals surface area contributed by atoms with E-state index in [2.05, 4.69) is 5.32 Å². The minimum atomic E-state index is -0.247. The zero-order chi connectivity index (χ0) is 17.1. The lowest BCUT2D eigenvalue weighted by atomic mass is 10.0. The minimum absolute atomic E-state index is 0.0596. The van der Waals surface area contributed by atoms with Gasteiger partial charge in [0.25, 0.3) is 5.91 Å². The third-order valence-electron chi connectivity index (χ3n) is 4.57. The first-order chi connectivity index (χ1) is 11.5. The minimum Gasteiger partial charge on any atom is -0.378 e. The fourth-order valence-corrected chi connectivity index (χ4v) is 3.23. The van der Waals surface area contributed by atoms with E-state index in [4.69, 9.17) is 0 Å². The molecule has 1 saturated heterocycles. The van der Waals surface area contributed by atoms with Crippen LogP contribution in [-0.4, -0.2) is 29.9 Å². The SMILES string of the molecule is Cc1ccc(F)c(N[C@@H]2CCCN(C(=O)c3ccccc3C)C2)c1. The average Bonchev–Trinajstić information content (AvgIpc) is 2.58. The quantitative estimate of drug-likeness (QED) is 0.918. The molecule has 1 amide bonds. The van der Waals surface area contributed by atoms with Crippen molar-refractivity contribution in [2.24, 2.45) is 0 Å². The maximum absolute atomic E-state index is 14.0. The highest BCUT2D eigenvalue weighted by Gasteiger charge is 2.25. The molecule has 0 saturated carbocycles. The van der Waals surface area contributed by atoms with Crippen LogP contribution in [0.2, 0.25) is 0 Å². The molecular weight excluding hydrogens is 303 g/mol. The summed E-state index contributed by atoms with van der Waals surface area (Å²) in [5, 5.41) is 3.27. The highest BCUT2D eigenvalue weighted by molar-refractivity contribution is 5.95. The lowest BCUT2D eigenvalue weighted by molar-refractivity contribution is 0.0714. The molecule has 1 fully saturated rings. The van der Waals surface area contributed by atoms with Crippen LogP contribution in [0.5, 0.6) is 0 Å². The molecular formula is C20H23FN2O. The number of nitrogens with one attached hydrogen (secondary N) is 1. The molecule has 3 nitrogen and oxygen atoms in total. The van der Waals surface area contributed by atoms with E-state index in [-0.39, 0.29) is 17.8 Å². The Morgan fingerprint density at radius 3 is 2.79 bits per heavy atom. The van der Waals surface area contributed by atoms with E-state index < -0.39 is 0 Å². The Morgan fingerprint density at radius 2 is 2.00 bits per heavy atom. The van der Waals surface area contributed by atoms with E-state index in [0.717, 1.165) is 36.1 Å². The maximum atomic E-state index is 14.0. The van der Waals surface area contributed by atoms with Crippen molar-refractivity contribution in [2.75, 3.05) is 18.4 Å². The topological polar surface area (TPSA) is 32.3 Å². The number of anilines is 1. The van der Waals surface area contributed by atoms with Gasteiger partial charge in [0.2, 0.25) is 0 Å². The molecule has 0 bridgehead atoms. The van der Waals surface area contributed by atoms with Crippen molar-refractivity contribution >= 4 is 11.6 Å². The summed E-state index contributed by atoms with van der Waals surface area (Å²) in [6, 6.07) is 12.8. The van der Waals surface area contributed by atoms with E-state index in [1.54, 1.807) is 6.07 Å². The van der Waals surface area contributed by atoms with Crippen molar-refractivity contribution in [3.05, 3.63) is 65.0 Å². The Bertz CT molecular complexity index is 744. The van der Waals surface area contributed by atoms with Crippen molar-refractivity contribution in [1.82, 2.24) is 4.90 Å². The number of amides is 1. The number of halogens is 1. The number of hydrogen-bond donors (Lipinski definition) is 1. The van der Waals surface area contributed by atoms with Gasteiger partial charge in [0.15, 0.2) is 0 Å². The molecule has 24 heavy (non-hydrogen) atoms. The number of nitrogens with zero attached hydrogens (tertiary/aromatic N) is 1. The lowest BCUT2D eigenvalue weighted by Crippen LogP contribution is -2.45. The molecule has 2 aromatic rings. The van der Waals surface area contributed by atoms with E-state index in [9.17, 15) is 9.18 Å². The molecule has 0 spiro atoms. The van der Waals surface area contributed by atoms with Gasteiger partial charge in [-0.25, -0.2) is 4.39 Å². The Balaban J connectivity index is 1.71. The summed E-state index contributed by atoms with van der Waals surface area (Å²) in [4.78, 5) is 14.6. The third-order valence-corrected chi connectivity index (χ3v) is 4.57. The molecule has 0 aliphatic carbocycles. The highest BCUT2D eigenvalue weighted by Crippen LogP contribution is 2.22. The van der Waals surface area contributed by atoms with Crippen LogP contribution >= 0.6 is 0 Å². The average molecular weight is 326 g/mol. The van der Waals surface area contributed by atoms with Gasteiger partial charge in [-0.2, -0.15) is 0 Å². The van der Waals surface area contributed by atoms with Crippen molar-refractivity contribution < 1.29 is 9.18 Å². The number of benzene rings is 2. The predicted octanol–water partition coefficient (Wildman–Crippen LogP) is 4.16. The van der Waals surface area contributed by atoms with Gasteiger partial charge in [0.1, 0.15) is 5.82 Å². The molecule has 0 aromatic heterocycles. The van der Waals surface area contributed by atoms with Crippen LogP contribution in [0.25, 0.3) is 0 Å². The van der Waals surface area contributed by atoms with E-state index in [0.29, 0.717) is 12.2 Å². The van der Waals surface area contributed by atoms with E-state index in [1.165, 1.54) is 6.07 Å².